The van der Waals surface area contributed by atoms with E-state index in [2.05, 4.69) is 15.5 Å². The molecule has 154 valence electrons. The van der Waals surface area contributed by atoms with Crippen LogP contribution in [0.5, 0.6) is 0 Å². The van der Waals surface area contributed by atoms with Gasteiger partial charge >= 0.3 is 0 Å². The molecule has 3 rings (SSSR count). The van der Waals surface area contributed by atoms with Crippen molar-refractivity contribution in [3.63, 3.8) is 0 Å². The summed E-state index contributed by atoms with van der Waals surface area (Å²) in [5.41, 5.74) is 2.30. The third-order valence-electron chi connectivity index (χ3n) is 4.91. The average molecular weight is 414 g/mol. The summed E-state index contributed by atoms with van der Waals surface area (Å²) in [6, 6.07) is 16.8. The van der Waals surface area contributed by atoms with E-state index < -0.39 is 10.8 Å². The number of likely N-dealkylation sites (tertiary alicyclic amines) is 1. The first-order valence-corrected chi connectivity index (χ1v) is 11.5. The van der Waals surface area contributed by atoms with Gasteiger partial charge in [0.05, 0.1) is 6.54 Å². The first-order valence-electron chi connectivity index (χ1n) is 9.76. The Morgan fingerprint density at radius 3 is 2.48 bits per heavy atom. The minimum atomic E-state index is -0.937. The smallest absolute Gasteiger partial charge is 0.251 e. The number of carbonyl (C=O) groups excluding carboxylic acids is 2. The third-order valence-corrected chi connectivity index (χ3v) is 5.65. The van der Waals surface area contributed by atoms with Crippen molar-refractivity contribution >= 4 is 28.3 Å². The molecule has 0 aromatic heterocycles. The SMILES string of the molecule is CS(=O)Cc1cccc(C(=O)NC2CCN(CC(=O)Nc3ccccc3)CC2)c1. The van der Waals surface area contributed by atoms with Crippen molar-refractivity contribution in [3.8, 4) is 0 Å². The van der Waals surface area contributed by atoms with E-state index >= 15 is 0 Å². The van der Waals surface area contributed by atoms with E-state index in [1.54, 1.807) is 18.4 Å². The molecule has 0 saturated carbocycles. The predicted octanol–water partition coefficient (Wildman–Crippen LogP) is 2.40. The van der Waals surface area contributed by atoms with Crippen LogP contribution in [0.1, 0.15) is 28.8 Å². The van der Waals surface area contributed by atoms with Crippen molar-refractivity contribution < 1.29 is 13.8 Å². The van der Waals surface area contributed by atoms with Crippen LogP contribution in [0.15, 0.2) is 54.6 Å². The Kier molecular flexibility index (Phi) is 7.55. The van der Waals surface area contributed by atoms with E-state index in [1.165, 1.54) is 0 Å². The highest BCUT2D eigenvalue weighted by Crippen LogP contribution is 2.13. The molecule has 2 aromatic rings. The summed E-state index contributed by atoms with van der Waals surface area (Å²) in [5, 5.41) is 5.99. The molecule has 2 N–H and O–H groups in total. The van der Waals surface area contributed by atoms with Gasteiger partial charge in [0.2, 0.25) is 5.91 Å². The number of para-hydroxylation sites is 1. The van der Waals surface area contributed by atoms with Gasteiger partial charge in [-0.15, -0.1) is 0 Å². The maximum absolute atomic E-state index is 12.5. The van der Waals surface area contributed by atoms with Crippen LogP contribution >= 0.6 is 0 Å². The molecule has 6 nitrogen and oxygen atoms in total. The normalized spacial score (nSPS) is 16.2. The van der Waals surface area contributed by atoms with Gasteiger partial charge in [-0.1, -0.05) is 30.3 Å². The topological polar surface area (TPSA) is 78.5 Å². The van der Waals surface area contributed by atoms with E-state index in [1.807, 2.05) is 42.5 Å². The lowest BCUT2D eigenvalue weighted by Gasteiger charge is -2.31. The van der Waals surface area contributed by atoms with Crippen molar-refractivity contribution in [1.29, 1.82) is 0 Å². The summed E-state index contributed by atoms with van der Waals surface area (Å²) in [7, 11) is -0.937. The summed E-state index contributed by atoms with van der Waals surface area (Å²) < 4.78 is 11.4. The Bertz CT molecular complexity index is 865. The van der Waals surface area contributed by atoms with Crippen LogP contribution in [-0.2, 0) is 21.3 Å². The minimum Gasteiger partial charge on any atom is -0.349 e. The summed E-state index contributed by atoms with van der Waals surface area (Å²) in [6.07, 6.45) is 3.27. The first kappa shape index (κ1) is 21.2. The second kappa shape index (κ2) is 10.3. The largest absolute Gasteiger partial charge is 0.349 e. The number of hydrogen-bond acceptors (Lipinski definition) is 4. The van der Waals surface area contributed by atoms with Crippen LogP contribution < -0.4 is 10.6 Å². The fourth-order valence-corrected chi connectivity index (χ4v) is 4.12. The maximum atomic E-state index is 12.5. The molecule has 0 radical (unpaired) electrons. The van der Waals surface area contributed by atoms with Crippen LogP contribution in [0.4, 0.5) is 5.69 Å². The highest BCUT2D eigenvalue weighted by Gasteiger charge is 2.22. The van der Waals surface area contributed by atoms with Crippen molar-refractivity contribution in [2.45, 2.75) is 24.6 Å². The summed E-state index contributed by atoms with van der Waals surface area (Å²) in [5.74, 6) is 0.322. The summed E-state index contributed by atoms with van der Waals surface area (Å²) in [6.45, 7) is 1.88. The van der Waals surface area contributed by atoms with Gasteiger partial charge in [0.1, 0.15) is 0 Å². The van der Waals surface area contributed by atoms with Gasteiger partial charge in [0, 0.05) is 53.2 Å². The molecule has 1 aliphatic rings. The lowest BCUT2D eigenvalue weighted by atomic mass is 10.0. The van der Waals surface area contributed by atoms with E-state index in [0.717, 1.165) is 37.2 Å². The highest BCUT2D eigenvalue weighted by atomic mass is 32.2. The number of nitrogens with one attached hydrogen (secondary N) is 2. The van der Waals surface area contributed by atoms with Crippen molar-refractivity contribution in [1.82, 2.24) is 10.2 Å². The van der Waals surface area contributed by atoms with E-state index in [-0.39, 0.29) is 17.9 Å². The van der Waals surface area contributed by atoms with Crippen LogP contribution in [0.3, 0.4) is 0 Å². The number of benzene rings is 2. The van der Waals surface area contributed by atoms with Crippen LogP contribution in [0.25, 0.3) is 0 Å². The van der Waals surface area contributed by atoms with Gasteiger partial charge in [0.15, 0.2) is 0 Å². The van der Waals surface area contributed by atoms with Crippen molar-refractivity contribution in [2.75, 3.05) is 31.2 Å². The molecule has 0 bridgehead atoms. The first-order chi connectivity index (χ1) is 14.0. The van der Waals surface area contributed by atoms with Gasteiger partial charge < -0.3 is 10.6 Å². The van der Waals surface area contributed by atoms with E-state index in [0.29, 0.717) is 17.9 Å². The fourth-order valence-electron chi connectivity index (χ4n) is 3.47. The van der Waals surface area contributed by atoms with Crippen LogP contribution in [0.2, 0.25) is 0 Å². The van der Waals surface area contributed by atoms with Gasteiger partial charge in [0.25, 0.3) is 5.91 Å². The number of nitrogens with zero attached hydrogens (tertiary/aromatic N) is 1. The molecule has 1 atom stereocenters. The molecular weight excluding hydrogens is 386 g/mol. The maximum Gasteiger partial charge on any atom is 0.251 e. The minimum absolute atomic E-state index is 0.0242. The average Bonchev–Trinajstić information content (AvgIpc) is 2.70. The highest BCUT2D eigenvalue weighted by molar-refractivity contribution is 7.83. The molecule has 2 aromatic carbocycles. The van der Waals surface area contributed by atoms with Gasteiger partial charge in [-0.25, -0.2) is 0 Å². The third kappa shape index (κ3) is 6.80. The number of anilines is 1. The van der Waals surface area contributed by atoms with Crippen molar-refractivity contribution in [3.05, 3.63) is 65.7 Å². The molecule has 1 heterocycles. The second-order valence-corrected chi connectivity index (χ2v) is 8.79. The number of amides is 2. The molecule has 0 spiro atoms. The Balaban J connectivity index is 1.44. The van der Waals surface area contributed by atoms with E-state index in [9.17, 15) is 13.8 Å². The molecule has 7 heteroatoms. The summed E-state index contributed by atoms with van der Waals surface area (Å²) >= 11 is 0. The van der Waals surface area contributed by atoms with Gasteiger partial charge in [-0.2, -0.15) is 0 Å². The monoisotopic (exact) mass is 413 g/mol. The fraction of sp³-hybridized carbons (Fsp3) is 0.364. The zero-order valence-electron chi connectivity index (χ0n) is 16.6. The van der Waals surface area contributed by atoms with Gasteiger partial charge in [-0.3, -0.25) is 18.7 Å². The number of hydrogen-bond donors (Lipinski definition) is 2. The van der Waals surface area contributed by atoms with Crippen LogP contribution in [0, 0.1) is 0 Å². The lowest BCUT2D eigenvalue weighted by molar-refractivity contribution is -0.117. The number of rotatable bonds is 7. The molecule has 2 amide bonds. The summed E-state index contributed by atoms with van der Waals surface area (Å²) in [4.78, 5) is 26.8. The Morgan fingerprint density at radius 2 is 1.79 bits per heavy atom. The molecule has 1 unspecified atom stereocenters. The van der Waals surface area contributed by atoms with E-state index in [4.69, 9.17) is 0 Å². The van der Waals surface area contributed by atoms with Crippen LogP contribution in [-0.4, -0.2) is 52.9 Å². The molecule has 1 fully saturated rings. The molecule has 1 saturated heterocycles. The van der Waals surface area contributed by atoms with Gasteiger partial charge in [-0.05, 0) is 42.7 Å². The molecule has 0 aliphatic carbocycles. The van der Waals surface area contributed by atoms with Crippen molar-refractivity contribution in [2.24, 2.45) is 0 Å². The quantitative estimate of drug-likeness (QED) is 0.731. The zero-order chi connectivity index (χ0) is 20.6. The zero-order valence-corrected chi connectivity index (χ0v) is 17.4. The Morgan fingerprint density at radius 1 is 1.07 bits per heavy atom. The molecule has 1 aliphatic heterocycles. The molecular formula is C22H27N3O3S. The lowest BCUT2D eigenvalue weighted by Crippen LogP contribution is -2.46. The standard InChI is InChI=1S/C22H27N3O3S/c1-29(28)16-17-6-5-7-18(14-17)22(27)24-20-10-12-25(13-11-20)15-21(26)23-19-8-3-2-4-9-19/h2-9,14,20H,10-13,15-16H2,1H3,(H,23,26)(H,24,27). The number of carbonyl (C=O) groups is 2. The Labute approximate surface area is 174 Å². The second-order valence-electron chi connectivity index (χ2n) is 7.36. The predicted molar refractivity (Wildman–Crippen MR) is 116 cm³/mol. The number of piperidine rings is 1. The molecule has 29 heavy (non-hydrogen) atoms. The Hall–Kier alpha value is -2.51.